The number of carbonyl (C=O) groups excluding carboxylic acids is 2. The van der Waals surface area contributed by atoms with E-state index in [1.165, 1.54) is 4.90 Å². The summed E-state index contributed by atoms with van der Waals surface area (Å²) in [5.41, 5.74) is 4.05. The van der Waals surface area contributed by atoms with E-state index in [2.05, 4.69) is 35.1 Å². The molecule has 4 aromatic rings. The van der Waals surface area contributed by atoms with Gasteiger partial charge in [-0.3, -0.25) is 13.9 Å². The number of sulfonamides is 1. The van der Waals surface area contributed by atoms with Crippen LogP contribution in [0.3, 0.4) is 0 Å². The monoisotopic (exact) mass is 703 g/mol. The number of amides is 2. The Labute approximate surface area is 281 Å². The highest BCUT2D eigenvalue weighted by molar-refractivity contribution is 9.10. The van der Waals surface area contributed by atoms with E-state index in [4.69, 9.17) is 0 Å². The first-order valence-electron chi connectivity index (χ1n) is 15.5. The second kappa shape index (κ2) is 16.1. The number of anilines is 1. The van der Waals surface area contributed by atoms with Gasteiger partial charge in [-0.15, -0.1) is 0 Å². The number of nitrogens with zero attached hydrogens (tertiary/aromatic N) is 2. The fourth-order valence-electron chi connectivity index (χ4n) is 5.10. The van der Waals surface area contributed by atoms with Gasteiger partial charge in [0.05, 0.1) is 10.6 Å². The molecule has 0 aliphatic heterocycles. The van der Waals surface area contributed by atoms with Crippen LogP contribution in [-0.2, 0) is 32.6 Å². The molecule has 0 radical (unpaired) electrons. The molecule has 0 aliphatic rings. The molecule has 1 unspecified atom stereocenters. The Morgan fingerprint density at radius 2 is 1.46 bits per heavy atom. The fraction of sp³-hybridized carbons (Fsp3) is 0.297. The summed E-state index contributed by atoms with van der Waals surface area (Å²) >= 11 is 3.47. The van der Waals surface area contributed by atoms with Gasteiger partial charge in [0.25, 0.3) is 10.0 Å². The average molecular weight is 705 g/mol. The molecule has 2 amide bonds. The van der Waals surface area contributed by atoms with E-state index in [-0.39, 0.29) is 29.7 Å². The summed E-state index contributed by atoms with van der Waals surface area (Å²) in [5.74, 6) is -0.524. The van der Waals surface area contributed by atoms with Crippen molar-refractivity contribution in [1.29, 1.82) is 0 Å². The number of benzene rings is 4. The molecule has 46 heavy (non-hydrogen) atoms. The Morgan fingerprint density at radius 1 is 0.826 bits per heavy atom. The first kappa shape index (κ1) is 34.9. The first-order chi connectivity index (χ1) is 22.0. The molecule has 0 aromatic heterocycles. The zero-order valence-electron chi connectivity index (χ0n) is 26.8. The highest BCUT2D eigenvalue weighted by Gasteiger charge is 2.34. The van der Waals surface area contributed by atoms with Crippen LogP contribution >= 0.6 is 15.9 Å². The largest absolute Gasteiger partial charge is 0.354 e. The van der Waals surface area contributed by atoms with E-state index in [0.29, 0.717) is 12.2 Å². The van der Waals surface area contributed by atoms with Crippen LogP contribution in [0.5, 0.6) is 0 Å². The zero-order valence-corrected chi connectivity index (χ0v) is 29.2. The van der Waals surface area contributed by atoms with Gasteiger partial charge >= 0.3 is 0 Å². The van der Waals surface area contributed by atoms with Crippen molar-refractivity contribution in [2.45, 2.75) is 63.9 Å². The van der Waals surface area contributed by atoms with Gasteiger partial charge in [-0.25, -0.2) is 8.42 Å². The average Bonchev–Trinajstić information content (AvgIpc) is 3.05. The molecule has 0 aliphatic carbocycles. The predicted octanol–water partition coefficient (Wildman–Crippen LogP) is 7.24. The second-order valence-electron chi connectivity index (χ2n) is 11.7. The van der Waals surface area contributed by atoms with Gasteiger partial charge in [-0.1, -0.05) is 109 Å². The van der Waals surface area contributed by atoms with Crippen molar-refractivity contribution in [3.05, 3.63) is 130 Å². The molecule has 4 aromatic carbocycles. The maximum absolute atomic E-state index is 14.5. The molecule has 9 heteroatoms. The minimum Gasteiger partial charge on any atom is -0.354 e. The SMILES string of the molecule is CCCNC(=O)C(Cc1ccccc1)N(Cc1ccc(Br)cc1)C(=O)CN(c1ccc(C(C)C)cc1)S(=O)(=O)c1ccc(C)cc1. The molecule has 0 saturated heterocycles. The molecule has 0 fully saturated rings. The summed E-state index contributed by atoms with van der Waals surface area (Å²) in [6, 6.07) is 30.0. The van der Waals surface area contributed by atoms with Gasteiger partial charge in [-0.05, 0) is 72.4 Å². The summed E-state index contributed by atoms with van der Waals surface area (Å²) in [7, 11) is -4.15. The van der Waals surface area contributed by atoms with Crippen molar-refractivity contribution in [1.82, 2.24) is 10.2 Å². The first-order valence-corrected chi connectivity index (χ1v) is 17.8. The maximum Gasteiger partial charge on any atom is 0.264 e. The van der Waals surface area contributed by atoms with Crippen LogP contribution in [0.1, 0.15) is 55.4 Å². The normalized spacial score (nSPS) is 12.0. The third-order valence-corrected chi connectivity index (χ3v) is 10.1. The van der Waals surface area contributed by atoms with E-state index in [1.807, 2.05) is 80.6 Å². The molecule has 0 bridgehead atoms. The molecule has 1 N–H and O–H groups in total. The number of hydrogen-bond donors (Lipinski definition) is 1. The van der Waals surface area contributed by atoms with Crippen molar-refractivity contribution < 1.29 is 18.0 Å². The van der Waals surface area contributed by atoms with Gasteiger partial charge in [0, 0.05) is 24.0 Å². The van der Waals surface area contributed by atoms with Gasteiger partial charge in [-0.2, -0.15) is 0 Å². The van der Waals surface area contributed by atoms with Crippen LogP contribution in [0.25, 0.3) is 0 Å². The van der Waals surface area contributed by atoms with Crippen LogP contribution in [0.2, 0.25) is 0 Å². The van der Waals surface area contributed by atoms with E-state index < -0.39 is 28.5 Å². The summed E-state index contributed by atoms with van der Waals surface area (Å²) < 4.78 is 30.5. The van der Waals surface area contributed by atoms with Crippen molar-refractivity contribution >= 4 is 43.5 Å². The highest BCUT2D eigenvalue weighted by atomic mass is 79.9. The number of rotatable bonds is 14. The molecule has 0 saturated carbocycles. The summed E-state index contributed by atoms with van der Waals surface area (Å²) in [6.07, 6.45) is 1.01. The van der Waals surface area contributed by atoms with E-state index >= 15 is 0 Å². The quantitative estimate of drug-likeness (QED) is 0.150. The Morgan fingerprint density at radius 3 is 2.04 bits per heavy atom. The summed E-state index contributed by atoms with van der Waals surface area (Å²) in [6.45, 7) is 8.08. The van der Waals surface area contributed by atoms with Crippen LogP contribution in [0.15, 0.2) is 112 Å². The Balaban J connectivity index is 1.80. The smallest absolute Gasteiger partial charge is 0.264 e. The van der Waals surface area contributed by atoms with Crippen molar-refractivity contribution in [3.63, 3.8) is 0 Å². The van der Waals surface area contributed by atoms with Crippen LogP contribution < -0.4 is 9.62 Å². The lowest BCUT2D eigenvalue weighted by atomic mass is 10.0. The minimum atomic E-state index is -4.15. The molecule has 7 nitrogen and oxygen atoms in total. The lowest BCUT2D eigenvalue weighted by Gasteiger charge is -2.34. The number of halogens is 1. The molecule has 0 spiro atoms. The predicted molar refractivity (Wildman–Crippen MR) is 188 cm³/mol. The lowest BCUT2D eigenvalue weighted by molar-refractivity contribution is -0.140. The van der Waals surface area contributed by atoms with E-state index in [1.54, 1.807) is 36.4 Å². The fourth-order valence-corrected chi connectivity index (χ4v) is 6.78. The summed E-state index contributed by atoms with van der Waals surface area (Å²) in [4.78, 5) is 29.9. The lowest BCUT2D eigenvalue weighted by Crippen LogP contribution is -2.53. The van der Waals surface area contributed by atoms with Crippen LogP contribution in [-0.4, -0.2) is 44.3 Å². The Bertz CT molecular complexity index is 1690. The number of hydrogen-bond acceptors (Lipinski definition) is 4. The molecular formula is C37H42BrN3O4S. The maximum atomic E-state index is 14.5. The summed E-state index contributed by atoms with van der Waals surface area (Å²) in [5, 5.41) is 2.97. The Kier molecular flexibility index (Phi) is 12.2. The van der Waals surface area contributed by atoms with E-state index in [9.17, 15) is 18.0 Å². The van der Waals surface area contributed by atoms with E-state index in [0.717, 1.165) is 37.5 Å². The van der Waals surface area contributed by atoms with Gasteiger partial charge < -0.3 is 10.2 Å². The third kappa shape index (κ3) is 9.07. The minimum absolute atomic E-state index is 0.0832. The standard InChI is InChI=1S/C37H42BrN3O4S/c1-5-23-39-37(43)35(24-29-9-7-6-8-10-29)40(25-30-13-17-32(38)18-14-30)36(42)26-41(33-19-15-31(16-20-33)27(2)3)46(44,45)34-21-11-28(4)12-22-34/h6-22,27,35H,5,23-26H2,1-4H3,(H,39,43). The number of nitrogens with one attached hydrogen (secondary N) is 1. The number of carbonyl (C=O) groups is 2. The molecular weight excluding hydrogens is 662 g/mol. The van der Waals surface area contributed by atoms with Crippen LogP contribution in [0, 0.1) is 6.92 Å². The van der Waals surface area contributed by atoms with Crippen LogP contribution in [0.4, 0.5) is 5.69 Å². The Hall–Kier alpha value is -3.95. The molecule has 1 atom stereocenters. The van der Waals surface area contributed by atoms with Crippen molar-refractivity contribution in [2.24, 2.45) is 0 Å². The van der Waals surface area contributed by atoms with Gasteiger partial charge in [0.1, 0.15) is 12.6 Å². The zero-order chi connectivity index (χ0) is 33.3. The topological polar surface area (TPSA) is 86.8 Å². The highest BCUT2D eigenvalue weighted by Crippen LogP contribution is 2.27. The van der Waals surface area contributed by atoms with Crippen molar-refractivity contribution in [2.75, 3.05) is 17.4 Å². The second-order valence-corrected chi connectivity index (χ2v) is 14.5. The van der Waals surface area contributed by atoms with Gasteiger partial charge in [0.2, 0.25) is 11.8 Å². The third-order valence-electron chi connectivity index (χ3n) is 7.82. The molecule has 4 rings (SSSR count). The van der Waals surface area contributed by atoms with Gasteiger partial charge in [0.15, 0.2) is 0 Å². The number of aryl methyl sites for hydroxylation is 1. The van der Waals surface area contributed by atoms with Crippen molar-refractivity contribution in [3.8, 4) is 0 Å². The molecule has 0 heterocycles. The molecule has 242 valence electrons.